The molecule has 90 valence electrons. The van der Waals surface area contributed by atoms with Crippen molar-refractivity contribution >= 4 is 12.2 Å². The molecule has 0 spiro atoms. The Hall–Kier alpha value is -1.71. The van der Waals surface area contributed by atoms with Crippen molar-refractivity contribution in [2.24, 2.45) is 11.0 Å². The number of hydrazone groups is 1. The summed E-state index contributed by atoms with van der Waals surface area (Å²) in [5, 5.41) is 4.21. The molecule has 4 nitrogen and oxygen atoms in total. The van der Waals surface area contributed by atoms with Crippen LogP contribution in [0, 0.1) is 19.8 Å². The molecule has 0 aromatic carbocycles. The van der Waals surface area contributed by atoms with Gasteiger partial charge in [-0.2, -0.15) is 5.10 Å². The molecule has 17 heavy (non-hydrogen) atoms. The minimum atomic E-state index is 0.540. The third kappa shape index (κ3) is 3.66. The highest BCUT2D eigenvalue weighted by Crippen LogP contribution is 2.15. The smallest absolute Gasteiger partial charge is 0.243 e. The fraction of sp³-hybridized carbons (Fsp3) is 0.462. The molecule has 0 fully saturated rings. The van der Waals surface area contributed by atoms with E-state index in [0.717, 1.165) is 24.2 Å². The van der Waals surface area contributed by atoms with Gasteiger partial charge in [0.15, 0.2) is 0 Å². The van der Waals surface area contributed by atoms with E-state index in [2.05, 4.69) is 32.6 Å². The van der Waals surface area contributed by atoms with E-state index in [1.165, 1.54) is 6.42 Å². The maximum Gasteiger partial charge on any atom is 0.243 e. The average molecular weight is 230 g/mol. The van der Waals surface area contributed by atoms with Crippen molar-refractivity contribution in [3.05, 3.63) is 29.6 Å². The van der Waals surface area contributed by atoms with Crippen LogP contribution in [0.3, 0.4) is 0 Å². The zero-order valence-electron chi connectivity index (χ0n) is 10.3. The number of allylic oxidation sites excluding steroid dienone is 2. The molecule has 1 aromatic rings. The van der Waals surface area contributed by atoms with Gasteiger partial charge in [-0.05, 0) is 45.1 Å². The monoisotopic (exact) mass is 230 g/mol. The first-order valence-corrected chi connectivity index (χ1v) is 6.00. The first kappa shape index (κ1) is 11.8. The molecule has 0 amide bonds. The number of nitrogens with zero attached hydrogens (tertiary/aromatic N) is 3. The van der Waals surface area contributed by atoms with Crippen LogP contribution >= 0.6 is 0 Å². The first-order chi connectivity index (χ1) is 8.24. The lowest BCUT2D eigenvalue weighted by molar-refractivity contribution is 0.627. The highest BCUT2D eigenvalue weighted by atomic mass is 15.3. The minimum Gasteiger partial charge on any atom is -0.245 e. The Morgan fingerprint density at radius 3 is 2.71 bits per heavy atom. The Kier molecular flexibility index (Phi) is 3.85. The highest BCUT2D eigenvalue weighted by molar-refractivity contribution is 5.62. The fourth-order valence-electron chi connectivity index (χ4n) is 1.93. The van der Waals surface area contributed by atoms with Crippen LogP contribution in [0.2, 0.25) is 0 Å². The van der Waals surface area contributed by atoms with Crippen molar-refractivity contribution in [1.82, 2.24) is 9.97 Å². The quantitative estimate of drug-likeness (QED) is 0.493. The van der Waals surface area contributed by atoms with Gasteiger partial charge in [0.25, 0.3) is 0 Å². The summed E-state index contributed by atoms with van der Waals surface area (Å²) in [4.78, 5) is 8.53. The van der Waals surface area contributed by atoms with Crippen molar-refractivity contribution in [3.63, 3.8) is 0 Å². The number of aryl methyl sites for hydroxylation is 2. The van der Waals surface area contributed by atoms with Gasteiger partial charge in [-0.25, -0.2) is 15.4 Å². The number of hydrogen-bond donors (Lipinski definition) is 1. The predicted molar refractivity (Wildman–Crippen MR) is 70.1 cm³/mol. The molecule has 1 aliphatic rings. The standard InChI is InChI=1S/C13H18N4/c1-10-8-11(2)16-13(15-10)17-14-9-12-6-4-3-5-7-12/h3-4,8-9,12H,5-7H2,1-2H3,(H,15,16,17)/b14-9-/t12-/m0/s1. The Bertz CT molecular complexity index is 417. The van der Waals surface area contributed by atoms with Gasteiger partial charge in [-0.15, -0.1) is 0 Å². The topological polar surface area (TPSA) is 50.2 Å². The molecule has 0 aliphatic heterocycles. The maximum absolute atomic E-state index is 4.27. The third-order valence-electron chi connectivity index (χ3n) is 2.74. The maximum atomic E-state index is 4.27. The molecule has 0 radical (unpaired) electrons. The molecule has 0 unspecified atom stereocenters. The first-order valence-electron chi connectivity index (χ1n) is 6.00. The molecule has 1 N–H and O–H groups in total. The average Bonchev–Trinajstić information content (AvgIpc) is 2.29. The van der Waals surface area contributed by atoms with Gasteiger partial charge < -0.3 is 0 Å². The van der Waals surface area contributed by atoms with Crippen molar-refractivity contribution in [1.29, 1.82) is 0 Å². The SMILES string of the molecule is Cc1cc(C)nc(N/N=C\[C@H]2CC=CCC2)n1. The molecule has 0 saturated carbocycles. The summed E-state index contributed by atoms with van der Waals surface area (Å²) in [6.07, 6.45) is 9.81. The van der Waals surface area contributed by atoms with E-state index in [4.69, 9.17) is 0 Å². The Balaban J connectivity index is 1.92. The van der Waals surface area contributed by atoms with E-state index in [1.54, 1.807) is 0 Å². The summed E-state index contributed by atoms with van der Waals surface area (Å²) >= 11 is 0. The molecule has 0 saturated heterocycles. The summed E-state index contributed by atoms with van der Waals surface area (Å²) < 4.78 is 0. The highest BCUT2D eigenvalue weighted by Gasteiger charge is 2.06. The summed E-state index contributed by atoms with van der Waals surface area (Å²) in [6, 6.07) is 1.95. The number of hydrogen-bond acceptors (Lipinski definition) is 4. The molecular formula is C13H18N4. The summed E-state index contributed by atoms with van der Waals surface area (Å²) in [7, 11) is 0. The van der Waals surface area contributed by atoms with Gasteiger partial charge >= 0.3 is 0 Å². The molecule has 1 aliphatic carbocycles. The molecule has 1 atom stereocenters. The molecular weight excluding hydrogens is 212 g/mol. The van der Waals surface area contributed by atoms with Crippen LogP contribution in [0.1, 0.15) is 30.7 Å². The van der Waals surface area contributed by atoms with Crippen molar-refractivity contribution in [2.75, 3.05) is 5.43 Å². The van der Waals surface area contributed by atoms with E-state index in [0.29, 0.717) is 11.9 Å². The van der Waals surface area contributed by atoms with Crippen LogP contribution in [0.15, 0.2) is 23.3 Å². The van der Waals surface area contributed by atoms with Crippen LogP contribution in [0.5, 0.6) is 0 Å². The second kappa shape index (κ2) is 5.57. The minimum absolute atomic E-state index is 0.540. The van der Waals surface area contributed by atoms with Crippen LogP contribution in [0.25, 0.3) is 0 Å². The summed E-state index contributed by atoms with van der Waals surface area (Å²) in [5.41, 5.74) is 4.81. The summed E-state index contributed by atoms with van der Waals surface area (Å²) in [6.45, 7) is 3.91. The fourth-order valence-corrected chi connectivity index (χ4v) is 1.93. The number of anilines is 1. The van der Waals surface area contributed by atoms with Gasteiger partial charge in [0.2, 0.25) is 5.95 Å². The number of aromatic nitrogens is 2. The lowest BCUT2D eigenvalue weighted by Gasteiger charge is -2.11. The van der Waals surface area contributed by atoms with Crippen LogP contribution in [-0.2, 0) is 0 Å². The number of nitrogens with one attached hydrogen (secondary N) is 1. The van der Waals surface area contributed by atoms with Gasteiger partial charge in [0.1, 0.15) is 0 Å². The third-order valence-corrected chi connectivity index (χ3v) is 2.74. The molecule has 4 heteroatoms. The van der Waals surface area contributed by atoms with Gasteiger partial charge in [-0.3, -0.25) is 0 Å². The Morgan fingerprint density at radius 2 is 2.06 bits per heavy atom. The van der Waals surface area contributed by atoms with E-state index in [-0.39, 0.29) is 0 Å². The van der Waals surface area contributed by atoms with Crippen molar-refractivity contribution in [2.45, 2.75) is 33.1 Å². The molecule has 2 rings (SSSR count). The van der Waals surface area contributed by atoms with Crippen molar-refractivity contribution in [3.8, 4) is 0 Å². The van der Waals surface area contributed by atoms with Crippen LogP contribution in [-0.4, -0.2) is 16.2 Å². The van der Waals surface area contributed by atoms with E-state index in [1.807, 2.05) is 26.1 Å². The molecule has 0 bridgehead atoms. The predicted octanol–water partition coefficient (Wildman–Crippen LogP) is 2.85. The van der Waals surface area contributed by atoms with Gasteiger partial charge in [-0.1, -0.05) is 12.2 Å². The second-order valence-corrected chi connectivity index (χ2v) is 4.41. The zero-order valence-corrected chi connectivity index (χ0v) is 10.3. The Morgan fingerprint density at radius 1 is 1.29 bits per heavy atom. The molecule has 1 aromatic heterocycles. The van der Waals surface area contributed by atoms with Crippen LogP contribution < -0.4 is 5.43 Å². The Labute approximate surface area is 102 Å². The largest absolute Gasteiger partial charge is 0.245 e. The molecule has 1 heterocycles. The van der Waals surface area contributed by atoms with E-state index >= 15 is 0 Å². The van der Waals surface area contributed by atoms with Crippen LogP contribution in [0.4, 0.5) is 5.95 Å². The van der Waals surface area contributed by atoms with Crippen molar-refractivity contribution < 1.29 is 0 Å². The second-order valence-electron chi connectivity index (χ2n) is 4.41. The zero-order chi connectivity index (χ0) is 12.1. The summed E-state index contributed by atoms with van der Waals surface area (Å²) in [5.74, 6) is 1.11. The van der Waals surface area contributed by atoms with Gasteiger partial charge in [0.05, 0.1) is 0 Å². The van der Waals surface area contributed by atoms with E-state index < -0.39 is 0 Å². The lowest BCUT2D eigenvalue weighted by Crippen LogP contribution is -2.06. The van der Waals surface area contributed by atoms with E-state index in [9.17, 15) is 0 Å². The number of rotatable bonds is 3. The van der Waals surface area contributed by atoms with Gasteiger partial charge in [0, 0.05) is 17.6 Å². The lowest BCUT2D eigenvalue weighted by atomic mass is 9.96. The normalized spacial score (nSPS) is 19.8.